The Morgan fingerprint density at radius 2 is 1.90 bits per heavy atom. The Labute approximate surface area is 117 Å². The van der Waals surface area contributed by atoms with E-state index < -0.39 is 39.7 Å². The topological polar surface area (TPSA) is 112 Å². The van der Waals surface area contributed by atoms with E-state index >= 15 is 0 Å². The molecule has 0 saturated heterocycles. The van der Waals surface area contributed by atoms with Gasteiger partial charge < -0.3 is 15.3 Å². The van der Waals surface area contributed by atoms with Crippen molar-refractivity contribution in [1.82, 2.24) is 0 Å². The summed E-state index contributed by atoms with van der Waals surface area (Å²) in [5.41, 5.74) is 0.683. The summed E-state index contributed by atoms with van der Waals surface area (Å²) in [7, 11) is -4.24. The zero-order valence-electron chi connectivity index (χ0n) is 11.2. The average molecular weight is 302 g/mol. The molecule has 3 N–H and O–H groups in total. The Balaban J connectivity index is 3.07. The summed E-state index contributed by atoms with van der Waals surface area (Å²) in [6.45, 7) is 2.12. The van der Waals surface area contributed by atoms with Gasteiger partial charge in [-0.15, -0.1) is 0 Å². The maximum Gasteiger partial charge on any atom is 0.256 e. The molecule has 0 bridgehead atoms. The minimum absolute atomic E-state index is 0.153. The van der Waals surface area contributed by atoms with E-state index in [4.69, 9.17) is 5.11 Å². The van der Waals surface area contributed by atoms with Gasteiger partial charge in [-0.25, -0.2) is 8.42 Å². The molecule has 6 nitrogen and oxygen atoms in total. The van der Waals surface area contributed by atoms with E-state index in [9.17, 15) is 23.4 Å². The molecule has 1 aromatic carbocycles. The van der Waals surface area contributed by atoms with Crippen LogP contribution >= 0.6 is 0 Å². The molecular weight excluding hydrogens is 284 g/mol. The fourth-order valence-corrected chi connectivity index (χ4v) is 3.18. The number of hydrogen-bond acceptors (Lipinski definition) is 6. The lowest BCUT2D eigenvalue weighted by molar-refractivity contribution is -0.122. The van der Waals surface area contributed by atoms with E-state index in [1.54, 1.807) is 13.0 Å². The van der Waals surface area contributed by atoms with Gasteiger partial charge in [0.05, 0.1) is 23.5 Å². The maximum absolute atomic E-state index is 12.1. The van der Waals surface area contributed by atoms with Gasteiger partial charge in [-0.2, -0.15) is 0 Å². The fraction of sp³-hybridized carbons (Fsp3) is 0.462. The summed E-state index contributed by atoms with van der Waals surface area (Å²) in [5, 5.41) is 26.4. The molecular formula is C13H18O6S. The van der Waals surface area contributed by atoms with Crippen molar-refractivity contribution in [2.24, 2.45) is 5.92 Å². The molecule has 0 fully saturated rings. The van der Waals surface area contributed by atoms with Gasteiger partial charge in [0.25, 0.3) is 5.12 Å². The zero-order chi connectivity index (χ0) is 15.5. The summed E-state index contributed by atoms with van der Waals surface area (Å²) in [4.78, 5) is 11.8. The van der Waals surface area contributed by atoms with Crippen LogP contribution in [0.25, 0.3) is 0 Å². The molecule has 0 aliphatic heterocycles. The van der Waals surface area contributed by atoms with Crippen molar-refractivity contribution in [3.8, 4) is 0 Å². The first-order valence-corrected chi connectivity index (χ1v) is 7.52. The maximum atomic E-state index is 12.1. The Morgan fingerprint density at radius 3 is 2.40 bits per heavy atom. The molecule has 7 heteroatoms. The molecule has 0 spiro atoms. The predicted octanol–water partition coefficient (Wildman–Crippen LogP) is -0.354. The standard InChI is InChI=1S/C13H18O6S/c1-8-4-3-5-10(6-8)20(18,19)13(17)9(2)12(16)11(15)7-14/h3-6,9,11-12,14-16H,7H2,1-2H3/t9-,11-,12+/m1/s1. The lowest BCUT2D eigenvalue weighted by Gasteiger charge is -2.21. The van der Waals surface area contributed by atoms with Gasteiger partial charge in [0.15, 0.2) is 0 Å². The number of carbonyl (C=O) groups is 1. The summed E-state index contributed by atoms with van der Waals surface area (Å²) in [6.07, 6.45) is -3.21. The summed E-state index contributed by atoms with van der Waals surface area (Å²) < 4.78 is 24.3. The smallest absolute Gasteiger partial charge is 0.256 e. The Kier molecular flexibility index (Phi) is 5.41. The Morgan fingerprint density at radius 1 is 1.30 bits per heavy atom. The molecule has 0 aliphatic rings. The van der Waals surface area contributed by atoms with Crippen molar-refractivity contribution in [2.75, 3.05) is 6.61 Å². The normalized spacial score (nSPS) is 16.4. The van der Waals surface area contributed by atoms with Crippen molar-refractivity contribution >= 4 is 15.0 Å². The highest BCUT2D eigenvalue weighted by Crippen LogP contribution is 2.20. The molecule has 0 aromatic heterocycles. The highest BCUT2D eigenvalue weighted by molar-refractivity contribution is 8.06. The highest BCUT2D eigenvalue weighted by Gasteiger charge is 2.36. The van der Waals surface area contributed by atoms with Crippen molar-refractivity contribution in [2.45, 2.75) is 31.0 Å². The Bertz CT molecular complexity index is 580. The number of aliphatic hydroxyl groups excluding tert-OH is 3. The third-order valence-electron chi connectivity index (χ3n) is 3.03. The zero-order valence-corrected chi connectivity index (χ0v) is 12.0. The molecule has 1 aromatic rings. The van der Waals surface area contributed by atoms with Crippen LogP contribution in [0.1, 0.15) is 12.5 Å². The van der Waals surface area contributed by atoms with Crippen LogP contribution in [0, 0.1) is 12.8 Å². The van der Waals surface area contributed by atoms with Crippen LogP contribution in [0.3, 0.4) is 0 Å². The van der Waals surface area contributed by atoms with E-state index in [1.165, 1.54) is 25.1 Å². The highest BCUT2D eigenvalue weighted by atomic mass is 32.2. The number of aryl methyl sites for hydroxylation is 1. The largest absolute Gasteiger partial charge is 0.394 e. The SMILES string of the molecule is Cc1cccc(S(=O)(=O)C(=O)[C@H](C)[C@H](O)[C@H](O)CO)c1. The number of aliphatic hydroxyl groups is 3. The first-order valence-electron chi connectivity index (χ1n) is 6.04. The molecule has 0 radical (unpaired) electrons. The second-order valence-electron chi connectivity index (χ2n) is 4.67. The van der Waals surface area contributed by atoms with Crippen molar-refractivity contribution in [3.05, 3.63) is 29.8 Å². The predicted molar refractivity (Wildman–Crippen MR) is 71.6 cm³/mol. The summed E-state index contributed by atoms with van der Waals surface area (Å²) in [5.74, 6) is -1.34. The van der Waals surface area contributed by atoms with Crippen molar-refractivity contribution < 1.29 is 28.5 Å². The molecule has 1 rings (SSSR count). The van der Waals surface area contributed by atoms with Crippen LogP contribution in [0.4, 0.5) is 0 Å². The molecule has 0 aliphatic carbocycles. The van der Waals surface area contributed by atoms with Crippen molar-refractivity contribution in [3.63, 3.8) is 0 Å². The van der Waals surface area contributed by atoms with Crippen LogP contribution in [0.5, 0.6) is 0 Å². The van der Waals surface area contributed by atoms with E-state index in [-0.39, 0.29) is 4.90 Å². The molecule has 20 heavy (non-hydrogen) atoms. The fourth-order valence-electron chi connectivity index (χ4n) is 1.72. The van der Waals surface area contributed by atoms with Gasteiger partial charge >= 0.3 is 0 Å². The molecule has 0 unspecified atom stereocenters. The summed E-state index contributed by atoms with van der Waals surface area (Å²) >= 11 is 0. The van der Waals surface area contributed by atoms with E-state index in [2.05, 4.69) is 0 Å². The number of carbonyl (C=O) groups excluding carboxylic acids is 1. The second-order valence-corrected chi connectivity index (χ2v) is 6.55. The van der Waals surface area contributed by atoms with Crippen LogP contribution in [0.15, 0.2) is 29.2 Å². The molecule has 112 valence electrons. The molecule has 0 amide bonds. The first kappa shape index (κ1) is 16.8. The van der Waals surface area contributed by atoms with Crippen molar-refractivity contribution in [1.29, 1.82) is 0 Å². The van der Waals surface area contributed by atoms with Gasteiger partial charge in [-0.05, 0) is 24.6 Å². The van der Waals surface area contributed by atoms with Gasteiger partial charge in [-0.3, -0.25) is 4.79 Å². The van der Waals surface area contributed by atoms with Gasteiger partial charge in [0, 0.05) is 0 Å². The lowest BCUT2D eigenvalue weighted by Crippen LogP contribution is -2.40. The minimum Gasteiger partial charge on any atom is -0.394 e. The lowest BCUT2D eigenvalue weighted by atomic mass is 10.0. The number of sulfone groups is 1. The molecule has 0 heterocycles. The van der Waals surface area contributed by atoms with Crippen LogP contribution in [0.2, 0.25) is 0 Å². The van der Waals surface area contributed by atoms with Crippen LogP contribution in [-0.2, 0) is 14.6 Å². The van der Waals surface area contributed by atoms with Gasteiger partial charge in [-0.1, -0.05) is 19.1 Å². The number of rotatable bonds is 5. The molecule has 3 atom stereocenters. The second kappa shape index (κ2) is 6.45. The third kappa shape index (κ3) is 3.43. The quantitative estimate of drug-likeness (QED) is 0.685. The number of hydrogen-bond donors (Lipinski definition) is 3. The monoisotopic (exact) mass is 302 g/mol. The van der Waals surface area contributed by atoms with Gasteiger partial charge in [0.1, 0.15) is 6.10 Å². The average Bonchev–Trinajstić information content (AvgIpc) is 2.43. The van der Waals surface area contributed by atoms with E-state index in [1.807, 2.05) is 0 Å². The number of benzene rings is 1. The Hall–Kier alpha value is -1.28. The van der Waals surface area contributed by atoms with E-state index in [0.29, 0.717) is 5.56 Å². The first-order chi connectivity index (χ1) is 9.21. The van der Waals surface area contributed by atoms with Crippen LogP contribution in [-0.4, -0.2) is 47.7 Å². The third-order valence-corrected chi connectivity index (χ3v) is 4.81. The van der Waals surface area contributed by atoms with E-state index in [0.717, 1.165) is 0 Å². The van der Waals surface area contributed by atoms with Crippen LogP contribution < -0.4 is 0 Å². The van der Waals surface area contributed by atoms with Gasteiger partial charge in [0.2, 0.25) is 9.84 Å². The minimum atomic E-state index is -4.24. The summed E-state index contributed by atoms with van der Waals surface area (Å²) in [6, 6.07) is 5.85. The molecule has 0 saturated carbocycles.